The lowest BCUT2D eigenvalue weighted by atomic mass is 10.0. The van der Waals surface area contributed by atoms with E-state index in [1.165, 1.54) is 11.8 Å². The first kappa shape index (κ1) is 23.1. The number of ether oxygens (including phenoxy) is 5. The van der Waals surface area contributed by atoms with Crippen LogP contribution in [0.15, 0.2) is 0 Å². The summed E-state index contributed by atoms with van der Waals surface area (Å²) < 4.78 is 28.9. The van der Waals surface area contributed by atoms with E-state index in [2.05, 4.69) is 0 Å². The normalized spacial score (nSPS) is 30.5. The van der Waals surface area contributed by atoms with Crippen molar-refractivity contribution in [1.29, 1.82) is 0 Å². The lowest BCUT2D eigenvalue weighted by molar-refractivity contribution is -0.179. The van der Waals surface area contributed by atoms with E-state index in [-0.39, 0.29) is 11.2 Å². The second-order valence-electron chi connectivity index (χ2n) is 7.97. The first-order chi connectivity index (χ1) is 12.6. The highest BCUT2D eigenvalue weighted by atomic mass is 32.2. The number of hydrogen-bond acceptors (Lipinski definition) is 8. The molecule has 4 atom stereocenters. The van der Waals surface area contributed by atoms with Gasteiger partial charge in [0.25, 0.3) is 0 Å². The molecule has 158 valence electrons. The van der Waals surface area contributed by atoms with Crippen molar-refractivity contribution in [3.05, 3.63) is 0 Å². The van der Waals surface area contributed by atoms with E-state index < -0.39 is 29.9 Å². The van der Waals surface area contributed by atoms with E-state index in [0.29, 0.717) is 19.8 Å². The predicted octanol–water partition coefficient (Wildman–Crippen LogP) is 2.49. The summed E-state index contributed by atoms with van der Waals surface area (Å²) >= 11 is 1.36. The number of unbranched alkanes of at least 4 members (excludes halogenated alkanes) is 2. The maximum Gasteiger partial charge on any atom is 0.185 e. The van der Waals surface area contributed by atoms with E-state index in [1.807, 2.05) is 27.7 Å². The van der Waals surface area contributed by atoms with Gasteiger partial charge in [-0.15, -0.1) is 0 Å². The van der Waals surface area contributed by atoms with Crippen LogP contribution >= 0.6 is 11.8 Å². The van der Waals surface area contributed by atoms with Crippen molar-refractivity contribution < 1.29 is 33.6 Å². The summed E-state index contributed by atoms with van der Waals surface area (Å²) in [6, 6.07) is 0. The number of carbonyl (C=O) groups excluding carboxylic acids is 1. The minimum atomic E-state index is -0.856. The van der Waals surface area contributed by atoms with Gasteiger partial charge in [0.05, 0.1) is 13.2 Å². The molecule has 0 radical (unpaired) electrons. The quantitative estimate of drug-likeness (QED) is 0.554. The van der Waals surface area contributed by atoms with Crippen LogP contribution in [0.3, 0.4) is 0 Å². The molecule has 1 N–H and O–H groups in total. The lowest BCUT2D eigenvalue weighted by Gasteiger charge is -2.27. The van der Waals surface area contributed by atoms with E-state index >= 15 is 0 Å². The van der Waals surface area contributed by atoms with Gasteiger partial charge in [0, 0.05) is 19.3 Å². The highest BCUT2D eigenvalue weighted by molar-refractivity contribution is 8.13. The first-order valence-electron chi connectivity index (χ1n) is 9.66. The van der Waals surface area contributed by atoms with Crippen LogP contribution in [0.1, 0.15) is 53.9 Å². The molecule has 0 unspecified atom stereocenters. The van der Waals surface area contributed by atoms with Crippen molar-refractivity contribution in [3.63, 3.8) is 0 Å². The fraction of sp³-hybridized carbons (Fsp3) is 0.947. The summed E-state index contributed by atoms with van der Waals surface area (Å²) in [6.07, 6.45) is 0.734. The maximum absolute atomic E-state index is 10.9. The lowest BCUT2D eigenvalue weighted by Crippen LogP contribution is -2.46. The van der Waals surface area contributed by atoms with Gasteiger partial charge in [0.1, 0.15) is 24.4 Å². The molecule has 7 nitrogen and oxygen atoms in total. The molecule has 8 heteroatoms. The van der Waals surface area contributed by atoms with Crippen LogP contribution in [0, 0.1) is 0 Å². The molecule has 0 bridgehead atoms. The van der Waals surface area contributed by atoms with Crippen LogP contribution in [0.2, 0.25) is 0 Å². The molecule has 0 spiro atoms. The zero-order valence-corrected chi connectivity index (χ0v) is 17.9. The Kier molecular flexibility index (Phi) is 8.54. The number of thioether (sulfide) groups is 1. The van der Waals surface area contributed by atoms with E-state index in [0.717, 1.165) is 25.0 Å². The van der Waals surface area contributed by atoms with Crippen LogP contribution in [0.25, 0.3) is 0 Å². The SMILES string of the molecule is CC(=O)SCCCCCOC[C@H]1OC(C)(C)O[C@H]1[C@H](O)[C@H]1COC(C)(C)O1. The van der Waals surface area contributed by atoms with Crippen LogP contribution in [0.5, 0.6) is 0 Å². The minimum absolute atomic E-state index is 0.164. The summed E-state index contributed by atoms with van der Waals surface area (Å²) in [7, 11) is 0. The molecule has 0 aromatic carbocycles. The second kappa shape index (κ2) is 10.0. The third-order valence-electron chi connectivity index (χ3n) is 4.49. The van der Waals surface area contributed by atoms with Crippen molar-refractivity contribution in [2.45, 2.75) is 89.9 Å². The number of rotatable bonds is 10. The van der Waals surface area contributed by atoms with Gasteiger partial charge in [-0.25, -0.2) is 0 Å². The Labute approximate surface area is 166 Å². The fourth-order valence-electron chi connectivity index (χ4n) is 3.28. The highest BCUT2D eigenvalue weighted by Crippen LogP contribution is 2.34. The number of hydrogen-bond donors (Lipinski definition) is 1. The van der Waals surface area contributed by atoms with Crippen LogP contribution < -0.4 is 0 Å². The molecule has 2 rings (SSSR count). The van der Waals surface area contributed by atoms with Gasteiger partial charge in [0.2, 0.25) is 0 Å². The second-order valence-corrected chi connectivity index (χ2v) is 9.24. The standard InChI is InChI=1S/C19H34O7S/c1-13(20)27-10-8-6-7-9-22-11-15-17(26-19(4,5)25-15)16(21)14-12-23-18(2,3)24-14/h14-17,21H,6-12H2,1-5H3/t14-,15-,16-,17-/m1/s1. The van der Waals surface area contributed by atoms with Crippen molar-refractivity contribution in [1.82, 2.24) is 0 Å². The molecule has 0 aromatic rings. The molecule has 0 saturated carbocycles. The average Bonchev–Trinajstić information content (AvgIpc) is 3.07. The summed E-state index contributed by atoms with van der Waals surface area (Å²) in [4.78, 5) is 10.9. The maximum atomic E-state index is 10.9. The van der Waals surface area contributed by atoms with Gasteiger partial charge in [-0.3, -0.25) is 4.79 Å². The Balaban J connectivity index is 1.72. The molecule has 0 aromatic heterocycles. The Morgan fingerprint density at radius 2 is 1.89 bits per heavy atom. The van der Waals surface area contributed by atoms with Crippen LogP contribution in [-0.2, 0) is 28.5 Å². The number of aliphatic hydroxyl groups is 1. The van der Waals surface area contributed by atoms with Gasteiger partial charge < -0.3 is 28.8 Å². The molecular weight excluding hydrogens is 372 g/mol. The van der Waals surface area contributed by atoms with Gasteiger partial charge in [-0.1, -0.05) is 18.2 Å². The van der Waals surface area contributed by atoms with Crippen molar-refractivity contribution in [2.24, 2.45) is 0 Å². The molecule has 0 aliphatic carbocycles. The molecular formula is C19H34O7S. The Bertz CT molecular complexity index is 483. The summed E-state index contributed by atoms with van der Waals surface area (Å²) in [6.45, 7) is 10.2. The molecule has 0 amide bonds. The average molecular weight is 407 g/mol. The van der Waals surface area contributed by atoms with Gasteiger partial charge in [-0.05, 0) is 40.5 Å². The molecule has 2 saturated heterocycles. The Hall–Kier alpha value is -0.220. The fourth-order valence-corrected chi connectivity index (χ4v) is 3.91. The molecule has 2 aliphatic rings. The Morgan fingerprint density at radius 1 is 1.15 bits per heavy atom. The van der Waals surface area contributed by atoms with E-state index in [9.17, 15) is 9.90 Å². The smallest absolute Gasteiger partial charge is 0.185 e. The third kappa shape index (κ3) is 7.61. The molecule has 2 heterocycles. The van der Waals surface area contributed by atoms with Gasteiger partial charge in [0.15, 0.2) is 16.7 Å². The van der Waals surface area contributed by atoms with Crippen molar-refractivity contribution in [3.8, 4) is 0 Å². The van der Waals surface area contributed by atoms with E-state index in [1.54, 1.807) is 6.92 Å². The highest BCUT2D eigenvalue weighted by Gasteiger charge is 2.49. The van der Waals surface area contributed by atoms with Gasteiger partial charge >= 0.3 is 0 Å². The van der Waals surface area contributed by atoms with Crippen molar-refractivity contribution >= 4 is 16.9 Å². The molecule has 27 heavy (non-hydrogen) atoms. The number of carbonyl (C=O) groups is 1. The Morgan fingerprint density at radius 3 is 2.52 bits per heavy atom. The summed E-state index contributed by atoms with van der Waals surface area (Å²) in [5, 5.41) is 10.9. The zero-order valence-electron chi connectivity index (χ0n) is 17.1. The largest absolute Gasteiger partial charge is 0.387 e. The molecule has 2 fully saturated rings. The minimum Gasteiger partial charge on any atom is -0.387 e. The molecule has 2 aliphatic heterocycles. The first-order valence-corrected chi connectivity index (χ1v) is 10.6. The van der Waals surface area contributed by atoms with E-state index in [4.69, 9.17) is 23.7 Å². The van der Waals surface area contributed by atoms with Gasteiger partial charge in [-0.2, -0.15) is 0 Å². The zero-order chi connectivity index (χ0) is 20.1. The van der Waals surface area contributed by atoms with Crippen molar-refractivity contribution in [2.75, 3.05) is 25.6 Å². The topological polar surface area (TPSA) is 83.5 Å². The summed E-state index contributed by atoms with van der Waals surface area (Å²) in [5.74, 6) is -0.622. The monoisotopic (exact) mass is 406 g/mol. The predicted molar refractivity (Wildman–Crippen MR) is 103 cm³/mol. The van der Waals surface area contributed by atoms with Crippen LogP contribution in [-0.4, -0.2) is 71.8 Å². The summed E-state index contributed by atoms with van der Waals surface area (Å²) in [5.41, 5.74) is 0. The number of aliphatic hydroxyl groups excluding tert-OH is 1. The van der Waals surface area contributed by atoms with Crippen LogP contribution in [0.4, 0.5) is 0 Å². The third-order valence-corrected chi connectivity index (χ3v) is 5.39.